The van der Waals surface area contributed by atoms with Gasteiger partial charge in [-0.15, -0.1) is 22.9 Å². The lowest BCUT2D eigenvalue weighted by Crippen LogP contribution is -2.30. The van der Waals surface area contributed by atoms with Crippen LogP contribution in [0.5, 0.6) is 0 Å². The third kappa shape index (κ3) is 2.41. The third-order valence-corrected chi connectivity index (χ3v) is 4.19. The van der Waals surface area contributed by atoms with Crippen LogP contribution in [-0.2, 0) is 12.8 Å². The molecule has 1 aromatic heterocycles. The predicted molar refractivity (Wildman–Crippen MR) is 68.6 cm³/mol. The first-order valence-electron chi connectivity index (χ1n) is 5.59. The van der Waals surface area contributed by atoms with E-state index in [1.807, 2.05) is 14.0 Å². The fraction of sp³-hybridized carbons (Fsp3) is 0.583. The fourth-order valence-electron chi connectivity index (χ4n) is 2.08. The highest BCUT2D eigenvalue weighted by Crippen LogP contribution is 2.31. The summed E-state index contributed by atoms with van der Waals surface area (Å²) in [6, 6.07) is 2.06. The average molecular weight is 258 g/mol. The molecule has 2 rings (SSSR count). The van der Waals surface area contributed by atoms with E-state index in [9.17, 15) is 4.79 Å². The second kappa shape index (κ2) is 4.76. The monoisotopic (exact) mass is 257 g/mol. The van der Waals surface area contributed by atoms with Gasteiger partial charge in [0.05, 0.1) is 4.88 Å². The van der Waals surface area contributed by atoms with Crippen molar-refractivity contribution in [3.05, 3.63) is 21.4 Å². The maximum atomic E-state index is 12.1. The summed E-state index contributed by atoms with van der Waals surface area (Å²) in [5.41, 5.74) is 1.38. The molecule has 0 bridgehead atoms. The molecule has 0 radical (unpaired) electrons. The van der Waals surface area contributed by atoms with Crippen LogP contribution >= 0.6 is 22.9 Å². The smallest absolute Gasteiger partial charge is 0.263 e. The lowest BCUT2D eigenvalue weighted by atomic mass is 10.2. The minimum absolute atomic E-state index is 0.000703. The Morgan fingerprint density at radius 3 is 3.00 bits per heavy atom. The number of thiophene rings is 1. The van der Waals surface area contributed by atoms with Crippen LogP contribution in [0, 0.1) is 0 Å². The molecule has 1 aliphatic carbocycles. The Morgan fingerprint density at radius 1 is 1.62 bits per heavy atom. The normalized spacial score (nSPS) is 15.9. The van der Waals surface area contributed by atoms with E-state index in [0.29, 0.717) is 6.54 Å². The topological polar surface area (TPSA) is 20.3 Å². The van der Waals surface area contributed by atoms with Gasteiger partial charge in [0.25, 0.3) is 5.91 Å². The molecule has 0 spiro atoms. The van der Waals surface area contributed by atoms with Crippen LogP contribution in [0.25, 0.3) is 0 Å². The molecule has 1 aromatic rings. The van der Waals surface area contributed by atoms with Crippen molar-refractivity contribution in [3.8, 4) is 0 Å². The number of halogens is 1. The van der Waals surface area contributed by atoms with Crippen LogP contribution in [0.2, 0.25) is 0 Å². The zero-order valence-electron chi connectivity index (χ0n) is 9.62. The Labute approximate surface area is 105 Å². The number of hydrogen-bond acceptors (Lipinski definition) is 2. The first-order valence-corrected chi connectivity index (χ1v) is 6.84. The second-order valence-corrected chi connectivity index (χ2v) is 6.26. The molecule has 0 saturated heterocycles. The molecule has 1 aliphatic rings. The van der Waals surface area contributed by atoms with Crippen molar-refractivity contribution in [1.82, 2.24) is 4.90 Å². The number of aryl methyl sites for hydroxylation is 2. The Kier molecular flexibility index (Phi) is 3.55. The molecule has 1 amide bonds. The van der Waals surface area contributed by atoms with E-state index in [1.54, 1.807) is 16.2 Å². The highest BCUT2D eigenvalue weighted by molar-refractivity contribution is 7.14. The van der Waals surface area contributed by atoms with Gasteiger partial charge in [-0.2, -0.15) is 0 Å². The summed E-state index contributed by atoms with van der Waals surface area (Å²) in [5, 5.41) is 0.000703. The van der Waals surface area contributed by atoms with Gasteiger partial charge in [0, 0.05) is 23.8 Å². The number of rotatable bonds is 3. The molecule has 1 atom stereocenters. The van der Waals surface area contributed by atoms with Gasteiger partial charge in [-0.3, -0.25) is 4.79 Å². The molecule has 0 N–H and O–H groups in total. The van der Waals surface area contributed by atoms with Gasteiger partial charge in [-0.25, -0.2) is 0 Å². The highest BCUT2D eigenvalue weighted by atomic mass is 35.5. The van der Waals surface area contributed by atoms with Crippen LogP contribution in [0.4, 0.5) is 0 Å². The largest absolute Gasteiger partial charge is 0.340 e. The van der Waals surface area contributed by atoms with Gasteiger partial charge in [0.2, 0.25) is 0 Å². The van der Waals surface area contributed by atoms with Crippen molar-refractivity contribution >= 4 is 28.8 Å². The number of carbonyl (C=O) groups excluding carboxylic acids is 1. The van der Waals surface area contributed by atoms with E-state index in [4.69, 9.17) is 11.6 Å². The summed E-state index contributed by atoms with van der Waals surface area (Å²) in [7, 11) is 1.81. The zero-order valence-corrected chi connectivity index (χ0v) is 11.2. The van der Waals surface area contributed by atoms with Gasteiger partial charge >= 0.3 is 0 Å². The summed E-state index contributed by atoms with van der Waals surface area (Å²) < 4.78 is 0. The molecule has 0 saturated carbocycles. The third-order valence-electron chi connectivity index (χ3n) is 2.83. The molecule has 0 fully saturated rings. The molecule has 2 nitrogen and oxygen atoms in total. The molecule has 0 aliphatic heterocycles. The molecule has 1 heterocycles. The number of carbonyl (C=O) groups is 1. The number of fused-ring (bicyclic) bond motifs is 1. The van der Waals surface area contributed by atoms with Crippen LogP contribution in [0.3, 0.4) is 0 Å². The Bertz CT molecular complexity index is 378. The minimum atomic E-state index is 0.000703. The Hall–Kier alpha value is -0.540. The van der Waals surface area contributed by atoms with Crippen molar-refractivity contribution in [2.24, 2.45) is 0 Å². The highest BCUT2D eigenvalue weighted by Gasteiger charge is 2.20. The lowest BCUT2D eigenvalue weighted by Gasteiger charge is -2.17. The molecule has 16 heavy (non-hydrogen) atoms. The van der Waals surface area contributed by atoms with Crippen LogP contribution < -0.4 is 0 Å². The van der Waals surface area contributed by atoms with Crippen molar-refractivity contribution < 1.29 is 4.79 Å². The van der Waals surface area contributed by atoms with Gasteiger partial charge in [-0.05, 0) is 37.8 Å². The SMILES string of the molecule is CC(Cl)CN(C)C(=O)c1cc2c(s1)CCC2. The summed E-state index contributed by atoms with van der Waals surface area (Å²) in [4.78, 5) is 16.0. The number of amides is 1. The van der Waals surface area contributed by atoms with Gasteiger partial charge in [0.15, 0.2) is 0 Å². The summed E-state index contributed by atoms with van der Waals surface area (Å²) in [6.45, 7) is 2.50. The fourth-order valence-corrected chi connectivity index (χ4v) is 3.54. The van der Waals surface area contributed by atoms with Crippen molar-refractivity contribution in [1.29, 1.82) is 0 Å². The zero-order chi connectivity index (χ0) is 11.7. The maximum absolute atomic E-state index is 12.1. The average Bonchev–Trinajstić information content (AvgIpc) is 2.74. The standard InChI is InChI=1S/C12H16ClNOS/c1-8(13)7-14(2)12(15)11-6-9-4-3-5-10(9)16-11/h6,8H,3-5,7H2,1-2H3. The van der Waals surface area contributed by atoms with Gasteiger partial charge in [0.1, 0.15) is 0 Å². The quantitative estimate of drug-likeness (QED) is 0.763. The molecule has 4 heteroatoms. The van der Waals surface area contributed by atoms with Crippen molar-refractivity contribution in [3.63, 3.8) is 0 Å². The van der Waals surface area contributed by atoms with Gasteiger partial charge < -0.3 is 4.90 Å². The Balaban J connectivity index is 2.09. The molecule has 88 valence electrons. The van der Waals surface area contributed by atoms with E-state index < -0.39 is 0 Å². The van der Waals surface area contributed by atoms with Crippen LogP contribution in [-0.4, -0.2) is 29.8 Å². The second-order valence-electron chi connectivity index (χ2n) is 4.38. The summed E-state index contributed by atoms with van der Waals surface area (Å²) >= 11 is 7.54. The van der Waals surface area contributed by atoms with Crippen LogP contribution in [0.15, 0.2) is 6.07 Å². The molecule has 1 unspecified atom stereocenters. The predicted octanol–water partition coefficient (Wildman–Crippen LogP) is 2.94. The minimum Gasteiger partial charge on any atom is -0.340 e. The van der Waals surface area contributed by atoms with E-state index in [-0.39, 0.29) is 11.3 Å². The van der Waals surface area contributed by atoms with E-state index in [1.165, 1.54) is 16.9 Å². The first kappa shape index (κ1) is 11.9. The number of alkyl halides is 1. The molecular weight excluding hydrogens is 242 g/mol. The van der Waals surface area contributed by atoms with E-state index in [2.05, 4.69) is 6.07 Å². The van der Waals surface area contributed by atoms with E-state index in [0.717, 1.165) is 17.7 Å². The molecular formula is C12H16ClNOS. The van der Waals surface area contributed by atoms with Gasteiger partial charge in [-0.1, -0.05) is 0 Å². The number of hydrogen-bond donors (Lipinski definition) is 0. The first-order chi connectivity index (χ1) is 7.58. The van der Waals surface area contributed by atoms with Crippen LogP contribution in [0.1, 0.15) is 33.5 Å². The summed E-state index contributed by atoms with van der Waals surface area (Å²) in [5.74, 6) is 0.104. The summed E-state index contributed by atoms with van der Waals surface area (Å²) in [6.07, 6.45) is 3.52. The Morgan fingerprint density at radius 2 is 2.38 bits per heavy atom. The molecule has 0 aromatic carbocycles. The maximum Gasteiger partial charge on any atom is 0.263 e. The number of nitrogens with zero attached hydrogens (tertiary/aromatic N) is 1. The van der Waals surface area contributed by atoms with Crippen molar-refractivity contribution in [2.75, 3.05) is 13.6 Å². The lowest BCUT2D eigenvalue weighted by molar-refractivity contribution is 0.0801. The van der Waals surface area contributed by atoms with Crippen molar-refractivity contribution in [2.45, 2.75) is 31.6 Å². The van der Waals surface area contributed by atoms with E-state index >= 15 is 0 Å².